The molecule has 1 aromatic carbocycles. The molecule has 1 spiro atoms. The number of aliphatic hydroxyl groups is 1. The molecule has 3 fully saturated rings. The minimum absolute atomic E-state index is 0.204. The number of anilines is 1. The summed E-state index contributed by atoms with van der Waals surface area (Å²) >= 11 is 0. The van der Waals surface area contributed by atoms with Gasteiger partial charge in [0.1, 0.15) is 17.4 Å². The van der Waals surface area contributed by atoms with Crippen LogP contribution in [0.25, 0.3) is 0 Å². The van der Waals surface area contributed by atoms with Crippen LogP contribution in [0.4, 0.5) is 5.69 Å². The number of carbonyl (C=O) groups is 3. The molecule has 0 aromatic heterocycles. The maximum Gasteiger partial charge on any atom is 0.253 e. The number of hydrogen-bond acceptors (Lipinski definition) is 6. The molecule has 0 aliphatic carbocycles. The molecule has 4 rings (SSSR count). The van der Waals surface area contributed by atoms with Crippen LogP contribution < -0.4 is 9.64 Å². The Morgan fingerprint density at radius 3 is 2.43 bits per heavy atom. The number of likely N-dealkylation sites (N-methyl/N-ethyl adjacent to an activating group) is 1. The molecule has 2 bridgehead atoms. The molecule has 0 saturated carbocycles. The van der Waals surface area contributed by atoms with Gasteiger partial charge in [-0.1, -0.05) is 12.2 Å². The molecule has 0 radical (unpaired) electrons. The van der Waals surface area contributed by atoms with Crippen molar-refractivity contribution in [1.29, 1.82) is 0 Å². The summed E-state index contributed by atoms with van der Waals surface area (Å²) in [5, 5.41) is 10.1. The number of aliphatic hydroxyl groups excluding tert-OH is 1. The third-order valence-corrected chi connectivity index (χ3v) is 8.19. The molecule has 3 heterocycles. The van der Waals surface area contributed by atoms with Crippen molar-refractivity contribution in [3.05, 3.63) is 49.6 Å². The zero-order valence-corrected chi connectivity index (χ0v) is 22.1. The fraction of sp³-hybridized carbons (Fsp3) is 0.536. The maximum atomic E-state index is 14.4. The summed E-state index contributed by atoms with van der Waals surface area (Å²) in [6.45, 7) is 11.3. The molecule has 3 aliphatic rings. The molecule has 6 atom stereocenters. The Bertz CT molecular complexity index is 1090. The first kappa shape index (κ1) is 26.9. The molecule has 1 N–H and O–H groups in total. The van der Waals surface area contributed by atoms with E-state index < -0.39 is 35.1 Å². The molecule has 3 saturated heterocycles. The van der Waals surface area contributed by atoms with Crippen LogP contribution >= 0.6 is 0 Å². The van der Waals surface area contributed by atoms with E-state index in [9.17, 15) is 19.5 Å². The molecule has 37 heavy (non-hydrogen) atoms. The number of methoxy groups -OCH3 is 1. The van der Waals surface area contributed by atoms with Crippen LogP contribution in [0.1, 0.15) is 26.7 Å². The third-order valence-electron chi connectivity index (χ3n) is 8.19. The van der Waals surface area contributed by atoms with Gasteiger partial charge in [-0.2, -0.15) is 0 Å². The molecular formula is C28H37N3O6. The van der Waals surface area contributed by atoms with Crippen LogP contribution in [0, 0.1) is 11.8 Å². The first-order valence-corrected chi connectivity index (χ1v) is 12.7. The molecule has 9 heteroatoms. The Hall–Kier alpha value is -3.17. The van der Waals surface area contributed by atoms with Crippen LogP contribution in [0.15, 0.2) is 49.6 Å². The first-order valence-electron chi connectivity index (χ1n) is 12.7. The first-order chi connectivity index (χ1) is 17.6. The van der Waals surface area contributed by atoms with Crippen LogP contribution in [-0.4, -0.2) is 89.8 Å². The summed E-state index contributed by atoms with van der Waals surface area (Å²) in [6.07, 6.45) is 4.27. The van der Waals surface area contributed by atoms with E-state index in [4.69, 9.17) is 9.47 Å². The highest BCUT2D eigenvalue weighted by Gasteiger charge is 2.78. The van der Waals surface area contributed by atoms with Crippen molar-refractivity contribution in [1.82, 2.24) is 9.80 Å². The number of ether oxygens (including phenoxy) is 2. The minimum atomic E-state index is -1.17. The number of benzene rings is 1. The molecule has 9 nitrogen and oxygen atoms in total. The van der Waals surface area contributed by atoms with E-state index in [-0.39, 0.29) is 30.9 Å². The quantitative estimate of drug-likeness (QED) is 0.483. The SMILES string of the molecule is C=CCN(C)C(=O)[C@H]1[C@H]2C(=O)N([C@H](C)CO)C(C(=O)N(CC=C)c3ccc(OC)cc3)C23CC[C@]1(C)O3. The largest absolute Gasteiger partial charge is 0.497 e. The van der Waals surface area contributed by atoms with E-state index in [1.54, 1.807) is 67.3 Å². The van der Waals surface area contributed by atoms with E-state index in [1.807, 2.05) is 6.92 Å². The smallest absolute Gasteiger partial charge is 0.253 e. The van der Waals surface area contributed by atoms with Gasteiger partial charge in [0.2, 0.25) is 11.8 Å². The van der Waals surface area contributed by atoms with E-state index in [0.29, 0.717) is 30.8 Å². The highest BCUT2D eigenvalue weighted by atomic mass is 16.5. The van der Waals surface area contributed by atoms with E-state index in [2.05, 4.69) is 13.2 Å². The standard InChI is InChI=1S/C28H37N3O6/c1-7-15-29(5)24(33)21-22-25(34)31(18(3)17-32)23(28(22)14-13-27(21,4)37-28)26(35)30(16-8-2)19-9-11-20(36-6)12-10-19/h7-12,18,21-23,32H,1-2,13-17H2,3-6H3/t18-,21-,22+,23?,27+,28?/m1/s1. The minimum Gasteiger partial charge on any atom is -0.497 e. The van der Waals surface area contributed by atoms with E-state index in [0.717, 1.165) is 0 Å². The number of nitrogens with zero attached hydrogens (tertiary/aromatic N) is 3. The van der Waals surface area contributed by atoms with Crippen LogP contribution in [0.5, 0.6) is 5.75 Å². The summed E-state index contributed by atoms with van der Waals surface area (Å²) in [4.78, 5) is 46.6. The summed E-state index contributed by atoms with van der Waals surface area (Å²) in [5.41, 5.74) is -1.43. The second-order valence-corrected chi connectivity index (χ2v) is 10.4. The number of likely N-dealkylation sites (tertiary alicyclic amines) is 1. The molecule has 3 amide bonds. The lowest BCUT2D eigenvalue weighted by molar-refractivity contribution is -0.151. The highest BCUT2D eigenvalue weighted by molar-refractivity contribution is 6.05. The second-order valence-electron chi connectivity index (χ2n) is 10.4. The predicted octanol–water partition coefficient (Wildman–Crippen LogP) is 2.00. The summed E-state index contributed by atoms with van der Waals surface area (Å²) in [6, 6.07) is 5.43. The molecule has 3 aliphatic heterocycles. The molecule has 200 valence electrons. The second kappa shape index (κ2) is 9.95. The summed E-state index contributed by atoms with van der Waals surface area (Å²) < 4.78 is 11.9. The summed E-state index contributed by atoms with van der Waals surface area (Å²) in [5.74, 6) is -1.78. The van der Waals surface area contributed by atoms with Gasteiger partial charge < -0.3 is 29.3 Å². The molecule has 2 unspecified atom stereocenters. The fourth-order valence-electron chi connectivity index (χ4n) is 6.46. The predicted molar refractivity (Wildman–Crippen MR) is 139 cm³/mol. The van der Waals surface area contributed by atoms with Gasteiger partial charge in [-0.05, 0) is 51.0 Å². The van der Waals surface area contributed by atoms with E-state index >= 15 is 0 Å². The van der Waals surface area contributed by atoms with Crippen LogP contribution in [0.2, 0.25) is 0 Å². The molecule has 1 aromatic rings. The van der Waals surface area contributed by atoms with Crippen molar-refractivity contribution in [2.24, 2.45) is 11.8 Å². The lowest BCUT2D eigenvalue weighted by atomic mass is 9.66. The van der Waals surface area contributed by atoms with Gasteiger partial charge in [0.25, 0.3) is 5.91 Å². The van der Waals surface area contributed by atoms with Crippen molar-refractivity contribution in [2.75, 3.05) is 38.8 Å². The Labute approximate surface area is 218 Å². The average Bonchev–Trinajstić information content (AvgIpc) is 3.47. The van der Waals surface area contributed by atoms with Gasteiger partial charge >= 0.3 is 0 Å². The summed E-state index contributed by atoms with van der Waals surface area (Å²) in [7, 11) is 3.25. The lowest BCUT2D eigenvalue weighted by Crippen LogP contribution is -2.58. The van der Waals surface area contributed by atoms with Crippen molar-refractivity contribution in [3.8, 4) is 5.75 Å². The van der Waals surface area contributed by atoms with Crippen molar-refractivity contribution < 1.29 is 29.0 Å². The van der Waals surface area contributed by atoms with Gasteiger partial charge in [-0.3, -0.25) is 14.4 Å². The van der Waals surface area contributed by atoms with Gasteiger partial charge in [-0.25, -0.2) is 0 Å². The van der Waals surface area contributed by atoms with Crippen LogP contribution in [0.3, 0.4) is 0 Å². The number of rotatable bonds is 10. The molecular weight excluding hydrogens is 474 g/mol. The van der Waals surface area contributed by atoms with Crippen molar-refractivity contribution in [3.63, 3.8) is 0 Å². The Kier molecular flexibility index (Phi) is 7.23. The maximum absolute atomic E-state index is 14.4. The van der Waals surface area contributed by atoms with Gasteiger partial charge in [0, 0.05) is 25.8 Å². The fourth-order valence-corrected chi connectivity index (χ4v) is 6.46. The zero-order valence-electron chi connectivity index (χ0n) is 22.1. The van der Waals surface area contributed by atoms with Gasteiger partial charge in [0.15, 0.2) is 0 Å². The van der Waals surface area contributed by atoms with Crippen LogP contribution in [-0.2, 0) is 19.1 Å². The third kappa shape index (κ3) is 4.05. The van der Waals surface area contributed by atoms with Gasteiger partial charge in [-0.15, -0.1) is 13.2 Å². The van der Waals surface area contributed by atoms with Crippen molar-refractivity contribution in [2.45, 2.75) is 50.0 Å². The Balaban J connectivity index is 1.81. The number of hydrogen-bond donors (Lipinski definition) is 1. The van der Waals surface area contributed by atoms with Gasteiger partial charge in [0.05, 0.1) is 37.2 Å². The van der Waals surface area contributed by atoms with E-state index in [1.165, 1.54) is 4.90 Å². The highest BCUT2D eigenvalue weighted by Crippen LogP contribution is 2.63. The van der Waals surface area contributed by atoms with Crippen molar-refractivity contribution >= 4 is 23.4 Å². The lowest BCUT2D eigenvalue weighted by Gasteiger charge is -2.38. The normalized spacial score (nSPS) is 30.6. The number of fused-ring (bicyclic) bond motifs is 1. The topological polar surface area (TPSA) is 99.6 Å². The zero-order chi connectivity index (χ0) is 27.1. The Morgan fingerprint density at radius 1 is 1.22 bits per heavy atom. The average molecular weight is 512 g/mol. The monoisotopic (exact) mass is 511 g/mol. The Morgan fingerprint density at radius 2 is 1.86 bits per heavy atom. The number of carbonyl (C=O) groups excluding carboxylic acids is 3. The number of amides is 3.